The van der Waals surface area contributed by atoms with Gasteiger partial charge in [0.15, 0.2) is 0 Å². The van der Waals surface area contributed by atoms with Gasteiger partial charge in [-0.05, 0) is 117 Å². The number of nitrogens with zero attached hydrogens (tertiary/aromatic N) is 5. The Labute approximate surface area is 318 Å². The van der Waals surface area contributed by atoms with E-state index in [1.165, 1.54) is 0 Å². The molecule has 0 bridgehead atoms. The average Bonchev–Trinajstić information content (AvgIpc) is 3.70. The molecule has 1 aliphatic carbocycles. The minimum atomic E-state index is -0.965. The zero-order valence-corrected chi connectivity index (χ0v) is 30.4. The van der Waals surface area contributed by atoms with Crippen LogP contribution in [0.2, 0.25) is 0 Å². The summed E-state index contributed by atoms with van der Waals surface area (Å²) in [4.78, 5) is 69.5. The van der Waals surface area contributed by atoms with E-state index in [4.69, 9.17) is 10.00 Å². The zero-order chi connectivity index (χ0) is 38.2. The van der Waals surface area contributed by atoms with E-state index in [-0.39, 0.29) is 30.9 Å². The third-order valence-electron chi connectivity index (χ3n) is 11.7. The van der Waals surface area contributed by atoms with Crippen LogP contribution in [0.25, 0.3) is 0 Å². The van der Waals surface area contributed by atoms with Gasteiger partial charge in [-0.1, -0.05) is 0 Å². The molecule has 13 nitrogen and oxygen atoms in total. The lowest BCUT2D eigenvalue weighted by Gasteiger charge is -2.35. The zero-order valence-electron chi connectivity index (χ0n) is 30.4. The van der Waals surface area contributed by atoms with Crippen molar-refractivity contribution in [3.8, 4) is 17.9 Å². The largest absolute Gasteiger partial charge is 0.490 e. The van der Waals surface area contributed by atoms with Crippen LogP contribution in [0.1, 0.15) is 105 Å². The monoisotopic (exact) mass is 739 g/mol. The van der Waals surface area contributed by atoms with Crippen molar-refractivity contribution in [3.05, 3.63) is 93.5 Å². The number of carbonyl (C=O) groups excluding carboxylic acids is 5. The van der Waals surface area contributed by atoms with Gasteiger partial charge in [0.05, 0.1) is 28.4 Å². The van der Waals surface area contributed by atoms with Crippen molar-refractivity contribution < 1.29 is 28.7 Å². The molecule has 13 heteroatoms. The molecule has 8 rings (SSSR count). The van der Waals surface area contributed by atoms with Crippen LogP contribution in [0.5, 0.6) is 5.75 Å². The van der Waals surface area contributed by atoms with E-state index in [2.05, 4.69) is 20.4 Å². The number of amides is 5. The quantitative estimate of drug-likeness (QED) is 0.319. The molecule has 4 aliphatic heterocycles. The van der Waals surface area contributed by atoms with Crippen molar-refractivity contribution in [1.29, 1.82) is 10.5 Å². The van der Waals surface area contributed by atoms with Crippen LogP contribution in [0.3, 0.4) is 0 Å². The number of nitrogens with one attached hydrogen (secondary N) is 2. The van der Waals surface area contributed by atoms with Crippen molar-refractivity contribution in [3.63, 3.8) is 0 Å². The molecule has 3 aromatic carbocycles. The highest BCUT2D eigenvalue weighted by molar-refractivity contribution is 6.23. The van der Waals surface area contributed by atoms with Crippen LogP contribution in [0, 0.1) is 28.6 Å². The minimum Gasteiger partial charge on any atom is -0.490 e. The lowest BCUT2D eigenvalue weighted by Crippen LogP contribution is -2.54. The maximum atomic E-state index is 13.3. The topological polar surface area (TPSA) is 176 Å². The minimum absolute atomic E-state index is 0.0101. The van der Waals surface area contributed by atoms with Gasteiger partial charge in [0.1, 0.15) is 23.9 Å². The summed E-state index contributed by atoms with van der Waals surface area (Å²) in [5.74, 6) is -0.936. The van der Waals surface area contributed by atoms with Crippen LogP contribution < -0.4 is 20.3 Å². The first-order valence-electron chi connectivity index (χ1n) is 19.0. The third-order valence-corrected chi connectivity index (χ3v) is 11.7. The van der Waals surface area contributed by atoms with E-state index in [0.717, 1.165) is 79.9 Å². The maximum absolute atomic E-state index is 13.3. The van der Waals surface area contributed by atoms with Crippen molar-refractivity contribution >= 4 is 35.2 Å². The third kappa shape index (κ3) is 7.28. The lowest BCUT2D eigenvalue weighted by molar-refractivity contribution is -0.136. The molecular formula is C42H41N7O6. The number of anilines is 1. The average molecular weight is 740 g/mol. The molecule has 5 amide bonds. The molecule has 1 unspecified atom stereocenters. The molecule has 1 saturated carbocycles. The van der Waals surface area contributed by atoms with Gasteiger partial charge in [-0.3, -0.25) is 39.1 Å². The Kier molecular flexibility index (Phi) is 9.80. The predicted molar refractivity (Wildman–Crippen MR) is 199 cm³/mol. The molecule has 3 fully saturated rings. The number of carbonyl (C=O) groups is 5. The van der Waals surface area contributed by atoms with E-state index in [9.17, 15) is 29.2 Å². The highest BCUT2D eigenvalue weighted by Gasteiger charge is 2.45. The first-order chi connectivity index (χ1) is 26.7. The molecule has 3 aromatic rings. The molecule has 2 N–H and O–H groups in total. The molecule has 280 valence electrons. The van der Waals surface area contributed by atoms with Crippen molar-refractivity contribution in [2.24, 2.45) is 5.92 Å². The van der Waals surface area contributed by atoms with Crippen molar-refractivity contribution in [1.82, 2.24) is 20.4 Å². The number of fused-ring (bicyclic) bond motifs is 2. The Balaban J connectivity index is 0.779. The first-order valence-corrected chi connectivity index (χ1v) is 19.0. The number of hydrogen-bond acceptors (Lipinski definition) is 10. The summed E-state index contributed by atoms with van der Waals surface area (Å²) >= 11 is 0. The van der Waals surface area contributed by atoms with Gasteiger partial charge in [-0.15, -0.1) is 0 Å². The fraction of sp³-hybridized carbons (Fsp3) is 0.405. The van der Waals surface area contributed by atoms with Crippen LogP contribution in [-0.4, -0.2) is 77.2 Å². The predicted octanol–water partition coefficient (Wildman–Crippen LogP) is 4.18. The number of benzene rings is 3. The maximum Gasteiger partial charge on any atom is 0.262 e. The number of rotatable bonds is 8. The second kappa shape index (κ2) is 15.0. The molecule has 1 atom stereocenters. The first kappa shape index (κ1) is 36.0. The Morgan fingerprint density at radius 1 is 0.800 bits per heavy atom. The lowest BCUT2D eigenvalue weighted by atomic mass is 9.92. The second-order valence-corrected chi connectivity index (χ2v) is 15.3. The van der Waals surface area contributed by atoms with E-state index in [0.29, 0.717) is 52.6 Å². The van der Waals surface area contributed by atoms with Crippen LogP contribution in [-0.2, 0) is 22.7 Å². The summed E-state index contributed by atoms with van der Waals surface area (Å²) in [5.41, 5.74) is 5.09. The summed E-state index contributed by atoms with van der Waals surface area (Å²) < 4.78 is 6.08. The highest BCUT2D eigenvalue weighted by atomic mass is 16.5. The molecule has 5 aliphatic rings. The van der Waals surface area contributed by atoms with Crippen molar-refractivity contribution in [2.45, 2.75) is 82.6 Å². The molecule has 0 spiro atoms. The molecular weight excluding hydrogens is 699 g/mol. The van der Waals surface area contributed by atoms with Gasteiger partial charge < -0.3 is 15.0 Å². The summed E-state index contributed by atoms with van der Waals surface area (Å²) in [6.45, 7) is 4.14. The van der Waals surface area contributed by atoms with E-state index >= 15 is 0 Å². The van der Waals surface area contributed by atoms with Gasteiger partial charge in [0.25, 0.3) is 17.7 Å². The molecule has 0 aromatic heterocycles. The SMILES string of the molecule is N#Cc1ccc(O[C@H]2CC[C@H](NC(=O)c3ccc(N4CCC(CN5Cc6cc7c(cc6C5)C(=O)N(C5CCC(=O)NC5=O)C7=O)CC4)cc3)CC2)cc1C#N. The summed E-state index contributed by atoms with van der Waals surface area (Å²) in [7, 11) is 0. The standard InChI is InChI=1S/C42H41N7O6/c43-20-27-3-8-34(17-28(27)21-44)55-33-9-4-31(5-10-33)45-39(51)26-1-6-32(7-2-26)48-15-13-25(14-16-48)22-47-23-29-18-35-36(19-30(29)24-47)42(54)49(41(35)53)37-11-12-38(50)46-40(37)52/h1-3,6-8,17-19,25,31,33,37H,4-5,9-16,22-24H2,(H,45,51)(H,46,50,52)/t31-,33-,37?. The fourth-order valence-electron chi connectivity index (χ4n) is 8.70. The molecule has 4 heterocycles. The number of nitriles is 2. The Bertz CT molecular complexity index is 2110. The van der Waals surface area contributed by atoms with Gasteiger partial charge >= 0.3 is 0 Å². The van der Waals surface area contributed by atoms with Gasteiger partial charge in [-0.25, -0.2) is 0 Å². The normalized spacial score (nSPS) is 22.8. The molecule has 2 saturated heterocycles. The summed E-state index contributed by atoms with van der Waals surface area (Å²) in [6.07, 6.45) is 5.43. The van der Waals surface area contributed by atoms with E-state index < -0.39 is 29.7 Å². The number of piperidine rings is 2. The Morgan fingerprint density at radius 2 is 1.45 bits per heavy atom. The van der Waals surface area contributed by atoms with E-state index in [1.54, 1.807) is 18.2 Å². The Hall–Kier alpha value is -6.05. The van der Waals surface area contributed by atoms with Crippen LogP contribution in [0.15, 0.2) is 54.6 Å². The van der Waals surface area contributed by atoms with Crippen molar-refractivity contribution in [2.75, 3.05) is 24.5 Å². The van der Waals surface area contributed by atoms with Gasteiger partial charge in [-0.2, -0.15) is 10.5 Å². The highest BCUT2D eigenvalue weighted by Crippen LogP contribution is 2.35. The number of imide groups is 2. The van der Waals surface area contributed by atoms with Gasteiger partial charge in [0.2, 0.25) is 11.8 Å². The van der Waals surface area contributed by atoms with Crippen LogP contribution in [0.4, 0.5) is 5.69 Å². The second-order valence-electron chi connectivity index (χ2n) is 15.3. The number of hydrogen-bond donors (Lipinski definition) is 2. The number of ether oxygens (including phenoxy) is 1. The van der Waals surface area contributed by atoms with E-state index in [1.807, 2.05) is 48.5 Å². The Morgan fingerprint density at radius 3 is 2.07 bits per heavy atom. The smallest absolute Gasteiger partial charge is 0.262 e. The van der Waals surface area contributed by atoms with Crippen LogP contribution >= 0.6 is 0 Å². The fourth-order valence-corrected chi connectivity index (χ4v) is 8.70. The molecule has 0 radical (unpaired) electrons. The van der Waals surface area contributed by atoms with Gasteiger partial charge in [0, 0.05) is 56.4 Å². The molecule has 55 heavy (non-hydrogen) atoms. The summed E-state index contributed by atoms with van der Waals surface area (Å²) in [5, 5.41) is 23.9. The summed E-state index contributed by atoms with van der Waals surface area (Å²) in [6, 6.07) is 19.5.